The van der Waals surface area contributed by atoms with Crippen molar-refractivity contribution in [2.75, 3.05) is 47.0 Å². The van der Waals surface area contributed by atoms with Gasteiger partial charge in [-0.25, -0.2) is 0 Å². The van der Waals surface area contributed by atoms with Gasteiger partial charge in [0.05, 0.1) is 20.3 Å². The van der Waals surface area contributed by atoms with Crippen LogP contribution in [0, 0.1) is 0 Å². The fourth-order valence-corrected chi connectivity index (χ4v) is 3.69. The molecular formula is C25H37IN4O2. The Labute approximate surface area is 209 Å². The van der Waals surface area contributed by atoms with Gasteiger partial charge in [0.15, 0.2) is 5.96 Å². The largest absolute Gasteiger partial charge is 0.497 e. The average Bonchev–Trinajstić information content (AvgIpc) is 2.82. The van der Waals surface area contributed by atoms with Crippen LogP contribution >= 0.6 is 24.0 Å². The van der Waals surface area contributed by atoms with Crippen LogP contribution in [-0.4, -0.2) is 57.9 Å². The van der Waals surface area contributed by atoms with Gasteiger partial charge in [0, 0.05) is 39.8 Å². The molecule has 7 heteroatoms. The van der Waals surface area contributed by atoms with E-state index in [0.717, 1.165) is 64.1 Å². The summed E-state index contributed by atoms with van der Waals surface area (Å²) in [6.07, 6.45) is 1.03. The first kappa shape index (κ1) is 26.4. The van der Waals surface area contributed by atoms with Gasteiger partial charge in [-0.3, -0.25) is 9.89 Å². The van der Waals surface area contributed by atoms with Crippen LogP contribution in [0.3, 0.4) is 0 Å². The number of hydrogen-bond acceptors (Lipinski definition) is 4. The quantitative estimate of drug-likeness (QED) is 0.280. The molecule has 1 fully saturated rings. The highest BCUT2D eigenvalue weighted by Gasteiger charge is 2.10. The molecule has 32 heavy (non-hydrogen) atoms. The number of halogens is 1. The number of benzene rings is 2. The summed E-state index contributed by atoms with van der Waals surface area (Å²) in [6, 6.07) is 17.2. The highest BCUT2D eigenvalue weighted by atomic mass is 127. The van der Waals surface area contributed by atoms with Gasteiger partial charge < -0.3 is 20.1 Å². The maximum absolute atomic E-state index is 5.42. The van der Waals surface area contributed by atoms with Crippen molar-refractivity contribution in [3.63, 3.8) is 0 Å². The Bertz CT molecular complexity index is 806. The number of ether oxygens (including phenoxy) is 2. The fraction of sp³-hybridized carbons (Fsp3) is 0.480. The number of morpholine rings is 1. The van der Waals surface area contributed by atoms with Crippen molar-refractivity contribution in [1.29, 1.82) is 0 Å². The first-order valence-corrected chi connectivity index (χ1v) is 11.1. The van der Waals surface area contributed by atoms with Gasteiger partial charge >= 0.3 is 0 Å². The van der Waals surface area contributed by atoms with Crippen LogP contribution in [0.2, 0.25) is 0 Å². The number of aliphatic imine (C=N–C) groups is 1. The molecule has 0 amide bonds. The van der Waals surface area contributed by atoms with E-state index in [2.05, 4.69) is 63.8 Å². The van der Waals surface area contributed by atoms with Gasteiger partial charge in [0.1, 0.15) is 5.75 Å². The summed E-state index contributed by atoms with van der Waals surface area (Å²) >= 11 is 0. The molecule has 1 aliphatic heterocycles. The van der Waals surface area contributed by atoms with Crippen LogP contribution in [0.25, 0.3) is 0 Å². The highest BCUT2D eigenvalue weighted by molar-refractivity contribution is 14.0. The predicted molar refractivity (Wildman–Crippen MR) is 142 cm³/mol. The zero-order valence-electron chi connectivity index (χ0n) is 19.5. The van der Waals surface area contributed by atoms with Crippen LogP contribution in [0.15, 0.2) is 53.5 Å². The van der Waals surface area contributed by atoms with Gasteiger partial charge in [-0.05, 0) is 41.2 Å². The van der Waals surface area contributed by atoms with Gasteiger partial charge in [-0.1, -0.05) is 43.3 Å². The third kappa shape index (κ3) is 8.60. The SMILES string of the molecule is CN=C(NCCC(C)c1ccc(OC)cc1)NCc1ccc(CN2CCOCC2)cc1.I. The van der Waals surface area contributed by atoms with Gasteiger partial charge in [0.25, 0.3) is 0 Å². The van der Waals surface area contributed by atoms with E-state index in [1.54, 1.807) is 7.11 Å². The standard InChI is InChI=1S/C25H36N4O2.HI/c1-20(23-8-10-24(30-3)11-9-23)12-13-27-25(26-2)28-18-21-4-6-22(7-5-21)19-29-14-16-31-17-15-29;/h4-11,20H,12-19H2,1-3H3,(H2,26,27,28);1H. The highest BCUT2D eigenvalue weighted by Crippen LogP contribution is 2.21. The molecule has 0 aliphatic carbocycles. The smallest absolute Gasteiger partial charge is 0.191 e. The van der Waals surface area contributed by atoms with Gasteiger partial charge in [-0.15, -0.1) is 24.0 Å². The van der Waals surface area contributed by atoms with Crippen molar-refractivity contribution in [3.05, 3.63) is 65.2 Å². The molecule has 0 spiro atoms. The summed E-state index contributed by atoms with van der Waals surface area (Å²) < 4.78 is 10.7. The minimum Gasteiger partial charge on any atom is -0.497 e. The number of methoxy groups -OCH3 is 1. The molecule has 0 bridgehead atoms. The lowest BCUT2D eigenvalue weighted by atomic mass is 9.98. The normalized spacial score (nSPS) is 15.5. The molecule has 2 N–H and O–H groups in total. The van der Waals surface area contributed by atoms with Crippen LogP contribution in [0.4, 0.5) is 0 Å². The van der Waals surface area contributed by atoms with Crippen LogP contribution in [-0.2, 0) is 17.8 Å². The topological polar surface area (TPSA) is 58.1 Å². The molecule has 2 aromatic rings. The lowest BCUT2D eigenvalue weighted by molar-refractivity contribution is 0.0342. The zero-order chi connectivity index (χ0) is 21.9. The molecule has 1 aliphatic rings. The second-order valence-electron chi connectivity index (χ2n) is 8.02. The molecule has 1 atom stereocenters. The molecule has 176 valence electrons. The minimum atomic E-state index is 0. The zero-order valence-corrected chi connectivity index (χ0v) is 21.8. The Balaban J connectivity index is 0.00000363. The Morgan fingerprint density at radius 1 is 1.03 bits per heavy atom. The Hall–Kier alpha value is -1.84. The van der Waals surface area contributed by atoms with Crippen molar-refractivity contribution in [1.82, 2.24) is 15.5 Å². The van der Waals surface area contributed by atoms with Crippen molar-refractivity contribution in [2.45, 2.75) is 32.4 Å². The fourth-order valence-electron chi connectivity index (χ4n) is 3.69. The summed E-state index contributed by atoms with van der Waals surface area (Å²) in [5, 5.41) is 6.83. The predicted octanol–water partition coefficient (Wildman–Crippen LogP) is 4.00. The summed E-state index contributed by atoms with van der Waals surface area (Å²) in [5.74, 6) is 2.20. The maximum Gasteiger partial charge on any atom is 0.191 e. The monoisotopic (exact) mass is 552 g/mol. The molecule has 2 aromatic carbocycles. The van der Waals surface area contributed by atoms with Crippen LogP contribution in [0.1, 0.15) is 36.0 Å². The third-order valence-electron chi connectivity index (χ3n) is 5.77. The second kappa shape index (κ2) is 14.3. The van der Waals surface area contributed by atoms with Crippen LogP contribution in [0.5, 0.6) is 5.75 Å². The van der Waals surface area contributed by atoms with Gasteiger partial charge in [0.2, 0.25) is 0 Å². The Morgan fingerprint density at radius 3 is 2.31 bits per heavy atom. The maximum atomic E-state index is 5.42. The number of nitrogens with one attached hydrogen (secondary N) is 2. The molecule has 1 saturated heterocycles. The molecule has 1 heterocycles. The lowest BCUT2D eigenvalue weighted by Crippen LogP contribution is -2.37. The van der Waals surface area contributed by atoms with Crippen LogP contribution < -0.4 is 15.4 Å². The van der Waals surface area contributed by atoms with E-state index in [1.165, 1.54) is 16.7 Å². The van der Waals surface area contributed by atoms with Crippen molar-refractivity contribution < 1.29 is 9.47 Å². The first-order chi connectivity index (χ1) is 15.2. The Morgan fingerprint density at radius 2 is 1.69 bits per heavy atom. The summed E-state index contributed by atoms with van der Waals surface area (Å²) in [5.41, 5.74) is 3.92. The first-order valence-electron chi connectivity index (χ1n) is 11.1. The van der Waals surface area contributed by atoms with Crippen molar-refractivity contribution in [3.8, 4) is 5.75 Å². The van der Waals surface area contributed by atoms with Crippen molar-refractivity contribution >= 4 is 29.9 Å². The molecule has 0 aromatic heterocycles. The van der Waals surface area contributed by atoms with E-state index in [4.69, 9.17) is 9.47 Å². The minimum absolute atomic E-state index is 0. The summed E-state index contributed by atoms with van der Waals surface area (Å²) in [4.78, 5) is 6.79. The Kier molecular flexibility index (Phi) is 11.8. The van der Waals surface area contributed by atoms with E-state index < -0.39 is 0 Å². The summed E-state index contributed by atoms with van der Waals surface area (Å²) in [6.45, 7) is 8.58. The van der Waals surface area contributed by atoms with E-state index >= 15 is 0 Å². The molecule has 1 unspecified atom stereocenters. The van der Waals surface area contributed by atoms with E-state index in [1.807, 2.05) is 19.2 Å². The molecule has 6 nitrogen and oxygen atoms in total. The van der Waals surface area contributed by atoms with E-state index in [-0.39, 0.29) is 24.0 Å². The second-order valence-corrected chi connectivity index (χ2v) is 8.02. The molecule has 3 rings (SSSR count). The number of nitrogens with zero attached hydrogens (tertiary/aromatic N) is 2. The summed E-state index contributed by atoms with van der Waals surface area (Å²) in [7, 11) is 3.51. The molecule has 0 saturated carbocycles. The van der Waals surface area contributed by atoms with E-state index in [9.17, 15) is 0 Å². The van der Waals surface area contributed by atoms with E-state index in [0.29, 0.717) is 5.92 Å². The number of rotatable bonds is 9. The van der Waals surface area contributed by atoms with Crippen molar-refractivity contribution in [2.24, 2.45) is 4.99 Å². The molecular weight excluding hydrogens is 515 g/mol. The average molecular weight is 553 g/mol. The van der Waals surface area contributed by atoms with Gasteiger partial charge in [-0.2, -0.15) is 0 Å². The third-order valence-corrected chi connectivity index (χ3v) is 5.77. The lowest BCUT2D eigenvalue weighted by Gasteiger charge is -2.26. The number of guanidine groups is 1. The number of hydrogen-bond donors (Lipinski definition) is 2. The molecule has 0 radical (unpaired) electrons.